The van der Waals surface area contributed by atoms with Crippen molar-refractivity contribution in [1.29, 1.82) is 0 Å². The molecule has 0 radical (unpaired) electrons. The first-order valence-electron chi connectivity index (χ1n) is 4.31. The monoisotopic (exact) mass is 186 g/mol. The van der Waals surface area contributed by atoms with Crippen molar-refractivity contribution in [2.24, 2.45) is 0 Å². The molecule has 68 valence electrons. The summed E-state index contributed by atoms with van der Waals surface area (Å²) in [5.41, 5.74) is 0.619. The Morgan fingerprint density at radius 2 is 2.58 bits per heavy atom. The number of hydrogen-bond donors (Lipinski definition) is 1. The molecule has 0 aromatic rings. The lowest BCUT2D eigenvalue weighted by Crippen LogP contribution is -2.19. The van der Waals surface area contributed by atoms with E-state index >= 15 is 0 Å². The summed E-state index contributed by atoms with van der Waals surface area (Å²) < 4.78 is 0. The molecule has 0 saturated heterocycles. The number of carbonyl (C=O) groups excluding carboxylic acids is 1. The van der Waals surface area contributed by atoms with Crippen molar-refractivity contribution in [2.45, 2.75) is 32.3 Å². The van der Waals surface area contributed by atoms with Crippen LogP contribution in [0, 0.1) is 0 Å². The SMILES string of the molecule is CCSC(=O)C1=CCCCC1O. The van der Waals surface area contributed by atoms with E-state index in [1.165, 1.54) is 11.8 Å². The number of allylic oxidation sites excluding steroid dienone is 1. The molecule has 0 amide bonds. The number of hydrogen-bond acceptors (Lipinski definition) is 3. The van der Waals surface area contributed by atoms with Crippen molar-refractivity contribution in [1.82, 2.24) is 0 Å². The summed E-state index contributed by atoms with van der Waals surface area (Å²) in [5, 5.41) is 9.51. The second-order valence-corrected chi connectivity index (χ2v) is 4.06. The number of thioether (sulfide) groups is 1. The normalized spacial score (nSPS) is 23.5. The third-order valence-electron chi connectivity index (χ3n) is 1.92. The Morgan fingerprint density at radius 1 is 1.83 bits per heavy atom. The van der Waals surface area contributed by atoms with Gasteiger partial charge in [0.25, 0.3) is 0 Å². The van der Waals surface area contributed by atoms with Crippen molar-refractivity contribution >= 4 is 16.9 Å². The predicted octanol–water partition coefficient (Wildman–Crippen LogP) is 1.74. The third-order valence-corrected chi connectivity index (χ3v) is 2.70. The highest BCUT2D eigenvalue weighted by atomic mass is 32.2. The lowest BCUT2D eigenvalue weighted by Gasteiger charge is -2.17. The summed E-state index contributed by atoms with van der Waals surface area (Å²) in [7, 11) is 0. The van der Waals surface area contributed by atoms with E-state index in [0.29, 0.717) is 5.57 Å². The average molecular weight is 186 g/mol. The maximum Gasteiger partial charge on any atom is 0.217 e. The van der Waals surface area contributed by atoms with E-state index in [-0.39, 0.29) is 5.12 Å². The van der Waals surface area contributed by atoms with Gasteiger partial charge < -0.3 is 5.11 Å². The highest BCUT2D eigenvalue weighted by Crippen LogP contribution is 2.22. The number of aliphatic hydroxyl groups excluding tert-OH is 1. The summed E-state index contributed by atoms with van der Waals surface area (Å²) in [6.45, 7) is 1.94. The topological polar surface area (TPSA) is 37.3 Å². The van der Waals surface area contributed by atoms with Gasteiger partial charge in [0, 0.05) is 5.57 Å². The maximum absolute atomic E-state index is 11.3. The molecular weight excluding hydrogens is 172 g/mol. The van der Waals surface area contributed by atoms with Crippen LogP contribution in [0.15, 0.2) is 11.6 Å². The van der Waals surface area contributed by atoms with E-state index in [2.05, 4.69) is 0 Å². The molecule has 1 rings (SSSR count). The number of rotatable bonds is 2. The van der Waals surface area contributed by atoms with Gasteiger partial charge in [-0.2, -0.15) is 0 Å². The molecule has 1 aliphatic carbocycles. The van der Waals surface area contributed by atoms with Gasteiger partial charge in [-0.05, 0) is 25.0 Å². The van der Waals surface area contributed by atoms with Crippen LogP contribution >= 0.6 is 11.8 Å². The van der Waals surface area contributed by atoms with Gasteiger partial charge in [-0.25, -0.2) is 0 Å². The first-order chi connectivity index (χ1) is 5.75. The second-order valence-electron chi connectivity index (χ2n) is 2.83. The standard InChI is InChI=1S/C9H14O2S/c1-2-12-9(11)7-5-3-4-6-8(7)10/h5,8,10H,2-4,6H2,1H3. The molecule has 1 aliphatic rings. The van der Waals surface area contributed by atoms with Crippen molar-refractivity contribution < 1.29 is 9.90 Å². The van der Waals surface area contributed by atoms with E-state index < -0.39 is 6.10 Å². The maximum atomic E-state index is 11.3. The van der Waals surface area contributed by atoms with Crippen LogP contribution in [0.25, 0.3) is 0 Å². The zero-order valence-corrected chi connectivity index (χ0v) is 8.06. The Hall–Kier alpha value is -0.280. The van der Waals surface area contributed by atoms with Crippen LogP contribution in [-0.2, 0) is 4.79 Å². The van der Waals surface area contributed by atoms with Crippen LogP contribution in [0.3, 0.4) is 0 Å². The van der Waals surface area contributed by atoms with Gasteiger partial charge in [0.2, 0.25) is 5.12 Å². The molecule has 0 aromatic carbocycles. The Bertz CT molecular complexity index is 199. The molecule has 0 bridgehead atoms. The van der Waals surface area contributed by atoms with Gasteiger partial charge in [0.05, 0.1) is 6.10 Å². The van der Waals surface area contributed by atoms with Crippen molar-refractivity contribution in [3.8, 4) is 0 Å². The highest BCUT2D eigenvalue weighted by Gasteiger charge is 2.20. The van der Waals surface area contributed by atoms with E-state index in [1.54, 1.807) is 0 Å². The van der Waals surface area contributed by atoms with Crippen molar-refractivity contribution in [2.75, 3.05) is 5.75 Å². The van der Waals surface area contributed by atoms with Gasteiger partial charge in [0.15, 0.2) is 0 Å². The zero-order chi connectivity index (χ0) is 8.97. The average Bonchev–Trinajstić information content (AvgIpc) is 2.05. The lowest BCUT2D eigenvalue weighted by atomic mass is 9.98. The zero-order valence-electron chi connectivity index (χ0n) is 7.25. The quantitative estimate of drug-likeness (QED) is 0.713. The van der Waals surface area contributed by atoms with Crippen LogP contribution in [0.1, 0.15) is 26.2 Å². The lowest BCUT2D eigenvalue weighted by molar-refractivity contribution is -0.108. The minimum atomic E-state index is -0.509. The van der Waals surface area contributed by atoms with Gasteiger partial charge in [0.1, 0.15) is 0 Å². The highest BCUT2D eigenvalue weighted by molar-refractivity contribution is 8.14. The minimum Gasteiger partial charge on any atom is -0.388 e. The Balaban J connectivity index is 2.59. The third kappa shape index (κ3) is 2.35. The van der Waals surface area contributed by atoms with Crippen LogP contribution < -0.4 is 0 Å². The van der Waals surface area contributed by atoms with Crippen LogP contribution in [0.5, 0.6) is 0 Å². The molecule has 0 aromatic heterocycles. The summed E-state index contributed by atoms with van der Waals surface area (Å²) in [4.78, 5) is 11.3. The summed E-state index contributed by atoms with van der Waals surface area (Å²) in [6.07, 6.45) is 4.03. The van der Waals surface area contributed by atoms with Gasteiger partial charge >= 0.3 is 0 Å². The van der Waals surface area contributed by atoms with E-state index in [4.69, 9.17) is 0 Å². The molecule has 0 spiro atoms. The molecule has 1 unspecified atom stereocenters. The largest absolute Gasteiger partial charge is 0.388 e. The van der Waals surface area contributed by atoms with Crippen molar-refractivity contribution in [3.05, 3.63) is 11.6 Å². The fraction of sp³-hybridized carbons (Fsp3) is 0.667. The molecule has 0 aliphatic heterocycles. The number of carbonyl (C=O) groups is 1. The first-order valence-corrected chi connectivity index (χ1v) is 5.29. The molecule has 0 saturated carbocycles. The molecule has 0 fully saturated rings. The molecule has 2 nitrogen and oxygen atoms in total. The molecule has 0 heterocycles. The summed E-state index contributed by atoms with van der Waals surface area (Å²) in [5.74, 6) is 0.781. The Morgan fingerprint density at radius 3 is 3.17 bits per heavy atom. The summed E-state index contributed by atoms with van der Waals surface area (Å²) >= 11 is 1.27. The van der Waals surface area contributed by atoms with E-state index in [1.807, 2.05) is 13.0 Å². The second kappa shape index (κ2) is 4.67. The van der Waals surface area contributed by atoms with Crippen LogP contribution in [-0.4, -0.2) is 22.1 Å². The van der Waals surface area contributed by atoms with Gasteiger partial charge in [-0.15, -0.1) is 0 Å². The smallest absolute Gasteiger partial charge is 0.217 e. The first kappa shape index (κ1) is 9.81. The fourth-order valence-corrected chi connectivity index (χ4v) is 1.94. The predicted molar refractivity (Wildman–Crippen MR) is 51.1 cm³/mol. The molecule has 12 heavy (non-hydrogen) atoms. The van der Waals surface area contributed by atoms with Crippen molar-refractivity contribution in [3.63, 3.8) is 0 Å². The van der Waals surface area contributed by atoms with Crippen LogP contribution in [0.2, 0.25) is 0 Å². The van der Waals surface area contributed by atoms with E-state index in [0.717, 1.165) is 25.0 Å². The molecule has 3 heteroatoms. The Labute approximate surface area is 77.0 Å². The van der Waals surface area contributed by atoms with Gasteiger partial charge in [-0.3, -0.25) is 4.79 Å². The molecule has 1 atom stereocenters. The van der Waals surface area contributed by atoms with E-state index in [9.17, 15) is 9.90 Å². The Kier molecular flexibility index (Phi) is 3.82. The minimum absolute atomic E-state index is 0.0460. The molecular formula is C9H14O2S. The fourth-order valence-electron chi connectivity index (χ4n) is 1.29. The summed E-state index contributed by atoms with van der Waals surface area (Å²) in [6, 6.07) is 0. The molecule has 1 N–H and O–H groups in total. The van der Waals surface area contributed by atoms with Crippen LogP contribution in [0.4, 0.5) is 0 Å². The van der Waals surface area contributed by atoms with Gasteiger partial charge in [-0.1, -0.05) is 24.8 Å². The number of aliphatic hydroxyl groups is 1.